The zero-order valence-electron chi connectivity index (χ0n) is 15.5. The number of nitrogens with one attached hydrogen (secondary N) is 3. The molecule has 7 nitrogen and oxygen atoms in total. The average molecular weight is 393 g/mol. The van der Waals surface area contributed by atoms with Crippen LogP contribution in [0.5, 0.6) is 0 Å². The van der Waals surface area contributed by atoms with Crippen LogP contribution < -0.4 is 16.0 Å². The predicted octanol–water partition coefficient (Wildman–Crippen LogP) is 0.975. The number of carbonyl (C=O) groups excluding carboxylic acids is 3. The van der Waals surface area contributed by atoms with Crippen LogP contribution in [0.2, 0.25) is 0 Å². The minimum Gasteiger partial charge on any atom is -0.354 e. The molecule has 0 aliphatic carbocycles. The van der Waals surface area contributed by atoms with E-state index in [0.717, 1.165) is 38.8 Å². The second-order valence-corrected chi connectivity index (χ2v) is 8.04. The maximum absolute atomic E-state index is 12.4. The van der Waals surface area contributed by atoms with Crippen molar-refractivity contribution >= 4 is 29.1 Å². The molecule has 0 bridgehead atoms. The van der Waals surface area contributed by atoms with Crippen LogP contribution in [0.3, 0.4) is 0 Å². The van der Waals surface area contributed by atoms with Crippen LogP contribution in [0.15, 0.2) is 16.8 Å². The van der Waals surface area contributed by atoms with Crippen LogP contribution in [0, 0.1) is 5.92 Å². The first-order valence-electron chi connectivity index (χ1n) is 9.73. The first kappa shape index (κ1) is 19.8. The number of hydrogen-bond acceptors (Lipinski definition) is 5. The van der Waals surface area contributed by atoms with Gasteiger partial charge in [-0.05, 0) is 49.6 Å². The number of thiophene rings is 1. The lowest BCUT2D eigenvalue weighted by molar-refractivity contribution is -0.132. The SMILES string of the molecule is O=C(NCCC(=O)N1CCCC(CNC(=O)C2CCCN2)C1)c1ccsc1. The highest BCUT2D eigenvalue weighted by molar-refractivity contribution is 7.08. The molecule has 0 saturated carbocycles. The van der Waals surface area contributed by atoms with Gasteiger partial charge < -0.3 is 20.9 Å². The Morgan fingerprint density at radius 3 is 2.85 bits per heavy atom. The summed E-state index contributed by atoms with van der Waals surface area (Å²) in [5.74, 6) is 0.304. The van der Waals surface area contributed by atoms with Crippen molar-refractivity contribution in [1.29, 1.82) is 0 Å². The average Bonchev–Trinajstić information content (AvgIpc) is 3.40. The minimum absolute atomic E-state index is 0.0573. The number of rotatable bonds is 7. The topological polar surface area (TPSA) is 90.5 Å². The summed E-state index contributed by atoms with van der Waals surface area (Å²) in [6.07, 6.45) is 4.23. The third-order valence-electron chi connectivity index (χ3n) is 5.22. The van der Waals surface area contributed by atoms with E-state index in [1.807, 2.05) is 10.3 Å². The van der Waals surface area contributed by atoms with Crippen LogP contribution in [0.4, 0.5) is 0 Å². The van der Waals surface area contributed by atoms with Crippen LogP contribution in [-0.4, -0.2) is 61.4 Å². The molecule has 3 N–H and O–H groups in total. The van der Waals surface area contributed by atoms with Crippen molar-refractivity contribution in [2.24, 2.45) is 5.92 Å². The van der Waals surface area contributed by atoms with Gasteiger partial charge in [-0.2, -0.15) is 11.3 Å². The molecule has 0 spiro atoms. The molecule has 1 aromatic rings. The normalized spacial score (nSPS) is 22.4. The van der Waals surface area contributed by atoms with Gasteiger partial charge in [-0.1, -0.05) is 0 Å². The van der Waals surface area contributed by atoms with Gasteiger partial charge in [0.15, 0.2) is 0 Å². The summed E-state index contributed by atoms with van der Waals surface area (Å²) in [6.45, 7) is 3.31. The number of carbonyl (C=O) groups is 3. The number of likely N-dealkylation sites (tertiary alicyclic amines) is 1. The lowest BCUT2D eigenvalue weighted by atomic mass is 9.97. The molecule has 2 aliphatic heterocycles. The molecule has 0 aromatic carbocycles. The van der Waals surface area contributed by atoms with Gasteiger partial charge in [-0.3, -0.25) is 14.4 Å². The fraction of sp³-hybridized carbons (Fsp3) is 0.632. The summed E-state index contributed by atoms with van der Waals surface area (Å²) in [6, 6.07) is 1.71. The van der Waals surface area contributed by atoms with Crippen LogP contribution >= 0.6 is 11.3 Å². The summed E-state index contributed by atoms with van der Waals surface area (Å²) in [7, 11) is 0. The Labute approximate surface area is 163 Å². The monoisotopic (exact) mass is 392 g/mol. The Kier molecular flexibility index (Phi) is 7.23. The van der Waals surface area contributed by atoms with E-state index in [1.54, 1.807) is 11.4 Å². The van der Waals surface area contributed by atoms with E-state index in [2.05, 4.69) is 16.0 Å². The number of amides is 3. The zero-order chi connectivity index (χ0) is 19.1. The number of piperidine rings is 1. The molecular weight excluding hydrogens is 364 g/mol. The van der Waals surface area contributed by atoms with Gasteiger partial charge in [-0.15, -0.1) is 0 Å². The predicted molar refractivity (Wildman–Crippen MR) is 105 cm³/mol. The molecule has 1 aromatic heterocycles. The van der Waals surface area contributed by atoms with Crippen LogP contribution in [0.25, 0.3) is 0 Å². The molecule has 148 valence electrons. The van der Waals surface area contributed by atoms with Gasteiger partial charge in [0.2, 0.25) is 11.8 Å². The molecule has 2 aliphatic rings. The maximum Gasteiger partial charge on any atom is 0.252 e. The third-order valence-corrected chi connectivity index (χ3v) is 5.90. The van der Waals surface area contributed by atoms with Crippen molar-refractivity contribution in [3.05, 3.63) is 22.4 Å². The highest BCUT2D eigenvalue weighted by Gasteiger charge is 2.26. The van der Waals surface area contributed by atoms with E-state index in [0.29, 0.717) is 37.5 Å². The fourth-order valence-corrected chi connectivity index (χ4v) is 4.31. The van der Waals surface area contributed by atoms with Gasteiger partial charge in [0.25, 0.3) is 5.91 Å². The largest absolute Gasteiger partial charge is 0.354 e. The summed E-state index contributed by atoms with van der Waals surface area (Å²) < 4.78 is 0. The van der Waals surface area contributed by atoms with Crippen molar-refractivity contribution in [3.63, 3.8) is 0 Å². The minimum atomic E-state index is -0.135. The van der Waals surface area contributed by atoms with Gasteiger partial charge in [0, 0.05) is 43.5 Å². The van der Waals surface area contributed by atoms with Crippen molar-refractivity contribution in [1.82, 2.24) is 20.9 Å². The van der Waals surface area contributed by atoms with E-state index < -0.39 is 0 Å². The lowest BCUT2D eigenvalue weighted by Crippen LogP contribution is -2.47. The van der Waals surface area contributed by atoms with E-state index >= 15 is 0 Å². The number of nitrogens with zero attached hydrogens (tertiary/aromatic N) is 1. The Balaban J connectivity index is 1.36. The Morgan fingerprint density at radius 1 is 1.22 bits per heavy atom. The third kappa shape index (κ3) is 5.77. The molecule has 2 unspecified atom stereocenters. The highest BCUT2D eigenvalue weighted by Crippen LogP contribution is 2.17. The molecule has 2 saturated heterocycles. The van der Waals surface area contributed by atoms with Crippen molar-refractivity contribution in [2.75, 3.05) is 32.7 Å². The van der Waals surface area contributed by atoms with Crippen LogP contribution in [-0.2, 0) is 9.59 Å². The second kappa shape index (κ2) is 9.85. The quantitative estimate of drug-likeness (QED) is 0.645. The fourth-order valence-electron chi connectivity index (χ4n) is 3.67. The second-order valence-electron chi connectivity index (χ2n) is 7.26. The molecule has 2 fully saturated rings. The molecule has 0 radical (unpaired) electrons. The first-order chi connectivity index (χ1) is 13.1. The molecule has 2 atom stereocenters. The summed E-state index contributed by atoms with van der Waals surface area (Å²) in [4.78, 5) is 38.3. The first-order valence-corrected chi connectivity index (χ1v) is 10.7. The molecule has 27 heavy (non-hydrogen) atoms. The summed E-state index contributed by atoms with van der Waals surface area (Å²) in [5.41, 5.74) is 0.637. The van der Waals surface area contributed by atoms with Crippen LogP contribution in [0.1, 0.15) is 42.5 Å². The van der Waals surface area contributed by atoms with Crippen molar-refractivity contribution < 1.29 is 14.4 Å². The Hall–Kier alpha value is -1.93. The van der Waals surface area contributed by atoms with E-state index in [-0.39, 0.29) is 23.8 Å². The Morgan fingerprint density at radius 2 is 2.11 bits per heavy atom. The van der Waals surface area contributed by atoms with E-state index in [4.69, 9.17) is 0 Å². The molecular formula is C19H28N4O3S. The van der Waals surface area contributed by atoms with Gasteiger partial charge in [0.1, 0.15) is 0 Å². The highest BCUT2D eigenvalue weighted by atomic mass is 32.1. The van der Waals surface area contributed by atoms with Crippen molar-refractivity contribution in [2.45, 2.75) is 38.1 Å². The van der Waals surface area contributed by atoms with E-state index in [1.165, 1.54) is 11.3 Å². The molecule has 3 rings (SSSR count). The van der Waals surface area contributed by atoms with E-state index in [9.17, 15) is 14.4 Å². The molecule has 3 heterocycles. The van der Waals surface area contributed by atoms with Crippen molar-refractivity contribution in [3.8, 4) is 0 Å². The van der Waals surface area contributed by atoms with Gasteiger partial charge in [0.05, 0.1) is 6.04 Å². The lowest BCUT2D eigenvalue weighted by Gasteiger charge is -2.33. The standard InChI is InChI=1S/C19H28N4O3S/c24-17(5-8-21-18(25)15-6-10-27-13-15)23-9-2-3-14(12-23)11-22-19(26)16-4-1-7-20-16/h6,10,13-14,16,20H,1-5,7-9,11-12H2,(H,21,25)(H,22,26). The summed E-state index contributed by atoms with van der Waals surface area (Å²) >= 11 is 1.48. The summed E-state index contributed by atoms with van der Waals surface area (Å²) in [5, 5.41) is 12.7. The zero-order valence-corrected chi connectivity index (χ0v) is 16.4. The maximum atomic E-state index is 12.4. The smallest absolute Gasteiger partial charge is 0.252 e. The Bertz CT molecular complexity index is 643. The van der Waals surface area contributed by atoms with Gasteiger partial charge >= 0.3 is 0 Å². The molecule has 3 amide bonds. The molecule has 8 heteroatoms. The van der Waals surface area contributed by atoms with Gasteiger partial charge in [-0.25, -0.2) is 0 Å². The number of hydrogen-bond donors (Lipinski definition) is 3.